The zero-order valence-electron chi connectivity index (χ0n) is 8.88. The van der Waals surface area contributed by atoms with E-state index in [4.69, 9.17) is 11.5 Å². The van der Waals surface area contributed by atoms with Gasteiger partial charge in [0.1, 0.15) is 0 Å². The molecule has 2 rings (SSSR count). The van der Waals surface area contributed by atoms with Gasteiger partial charge in [-0.15, -0.1) is 0 Å². The van der Waals surface area contributed by atoms with Gasteiger partial charge in [0.15, 0.2) is 0 Å². The summed E-state index contributed by atoms with van der Waals surface area (Å²) in [6.45, 7) is 5.04. The summed E-state index contributed by atoms with van der Waals surface area (Å²) in [6.07, 6.45) is 0.968. The lowest BCUT2D eigenvalue weighted by Gasteiger charge is -2.24. The first kappa shape index (κ1) is 9.69. The predicted molar refractivity (Wildman–Crippen MR) is 59.0 cm³/mol. The van der Waals surface area contributed by atoms with E-state index in [1.807, 2.05) is 0 Å². The van der Waals surface area contributed by atoms with Crippen molar-refractivity contribution in [3.05, 3.63) is 34.9 Å². The highest BCUT2D eigenvalue weighted by molar-refractivity contribution is 5.45. The van der Waals surface area contributed by atoms with E-state index in [1.54, 1.807) is 0 Å². The van der Waals surface area contributed by atoms with Crippen molar-refractivity contribution in [2.75, 3.05) is 0 Å². The van der Waals surface area contributed by atoms with E-state index < -0.39 is 0 Å². The fourth-order valence-corrected chi connectivity index (χ4v) is 2.35. The molecule has 0 spiro atoms. The number of nitrogens with two attached hydrogens (primary N) is 2. The minimum atomic E-state index is 0.0977. The second-order valence-corrected chi connectivity index (χ2v) is 4.68. The van der Waals surface area contributed by atoms with Gasteiger partial charge in [-0.25, -0.2) is 0 Å². The highest BCUT2D eigenvalue weighted by Crippen LogP contribution is 2.38. The predicted octanol–water partition coefficient (Wildman–Crippen LogP) is 1.31. The Hall–Kier alpha value is -0.860. The van der Waals surface area contributed by atoms with E-state index in [9.17, 15) is 0 Å². The lowest BCUT2D eigenvalue weighted by molar-refractivity contribution is 0.445. The number of hydrogen-bond donors (Lipinski definition) is 2. The monoisotopic (exact) mass is 190 g/mol. The van der Waals surface area contributed by atoms with Crippen LogP contribution >= 0.6 is 0 Å². The van der Waals surface area contributed by atoms with Gasteiger partial charge in [-0.2, -0.15) is 0 Å². The largest absolute Gasteiger partial charge is 0.327 e. The fourth-order valence-electron chi connectivity index (χ4n) is 2.35. The Bertz CT molecular complexity index is 355. The maximum Gasteiger partial charge on any atom is 0.0180 e. The second kappa shape index (κ2) is 3.07. The van der Waals surface area contributed by atoms with E-state index in [0.717, 1.165) is 6.42 Å². The van der Waals surface area contributed by atoms with Crippen molar-refractivity contribution in [1.29, 1.82) is 0 Å². The van der Waals surface area contributed by atoms with Gasteiger partial charge in [0.05, 0.1) is 0 Å². The first-order valence-corrected chi connectivity index (χ1v) is 5.14. The summed E-state index contributed by atoms with van der Waals surface area (Å²) in [5.41, 5.74) is 16.0. The van der Waals surface area contributed by atoms with Crippen molar-refractivity contribution in [2.45, 2.75) is 38.3 Å². The molecular formula is C12H18N2. The zero-order valence-corrected chi connectivity index (χ0v) is 8.88. The summed E-state index contributed by atoms with van der Waals surface area (Å²) in [4.78, 5) is 0. The Morgan fingerprint density at radius 3 is 2.79 bits per heavy atom. The highest BCUT2D eigenvalue weighted by atomic mass is 14.7. The van der Waals surface area contributed by atoms with Crippen molar-refractivity contribution in [1.82, 2.24) is 0 Å². The molecule has 0 heterocycles. The fraction of sp³-hybridized carbons (Fsp3) is 0.500. The minimum Gasteiger partial charge on any atom is -0.327 e. The molecule has 0 amide bonds. The van der Waals surface area contributed by atoms with Gasteiger partial charge in [0, 0.05) is 18.0 Å². The van der Waals surface area contributed by atoms with Crippen LogP contribution in [0.15, 0.2) is 18.2 Å². The lowest BCUT2D eigenvalue weighted by Crippen LogP contribution is -2.36. The Kier molecular flexibility index (Phi) is 2.13. The number of fused-ring (bicyclic) bond motifs is 1. The van der Waals surface area contributed by atoms with Crippen LogP contribution in [-0.4, -0.2) is 6.04 Å². The Labute approximate surface area is 85.3 Å². The van der Waals surface area contributed by atoms with E-state index >= 15 is 0 Å². The summed E-state index contributed by atoms with van der Waals surface area (Å²) >= 11 is 0. The standard InChI is InChI=1S/C12H18N2/c1-12(2)10-5-3-4-8(7-13)9(10)6-11(12)14/h3-5,11H,6-7,13-14H2,1-2H3. The molecule has 0 fully saturated rings. The number of hydrogen-bond acceptors (Lipinski definition) is 2. The topological polar surface area (TPSA) is 52.0 Å². The molecule has 76 valence electrons. The van der Waals surface area contributed by atoms with E-state index in [2.05, 4.69) is 32.0 Å². The Morgan fingerprint density at radius 2 is 2.14 bits per heavy atom. The normalized spacial score (nSPS) is 23.6. The van der Waals surface area contributed by atoms with Crippen molar-refractivity contribution >= 4 is 0 Å². The molecule has 2 heteroatoms. The summed E-state index contributed by atoms with van der Waals surface area (Å²) in [7, 11) is 0. The summed E-state index contributed by atoms with van der Waals surface area (Å²) < 4.78 is 0. The smallest absolute Gasteiger partial charge is 0.0180 e. The average molecular weight is 190 g/mol. The van der Waals surface area contributed by atoms with Gasteiger partial charge in [-0.1, -0.05) is 32.0 Å². The molecule has 0 bridgehead atoms. The molecule has 1 aliphatic carbocycles. The van der Waals surface area contributed by atoms with Gasteiger partial charge in [0.2, 0.25) is 0 Å². The first-order chi connectivity index (χ1) is 6.57. The van der Waals surface area contributed by atoms with E-state index in [0.29, 0.717) is 6.54 Å². The first-order valence-electron chi connectivity index (χ1n) is 5.14. The average Bonchev–Trinajstić information content (AvgIpc) is 2.39. The van der Waals surface area contributed by atoms with Gasteiger partial charge in [0.25, 0.3) is 0 Å². The third-order valence-electron chi connectivity index (χ3n) is 3.54. The van der Waals surface area contributed by atoms with E-state index in [1.165, 1.54) is 16.7 Å². The maximum atomic E-state index is 6.15. The van der Waals surface area contributed by atoms with Crippen LogP contribution in [0, 0.1) is 0 Å². The molecule has 4 N–H and O–H groups in total. The van der Waals surface area contributed by atoms with Crippen LogP contribution in [-0.2, 0) is 18.4 Å². The molecule has 2 nitrogen and oxygen atoms in total. The molecule has 1 atom stereocenters. The molecule has 1 aromatic rings. The van der Waals surface area contributed by atoms with Crippen LogP contribution in [0.2, 0.25) is 0 Å². The van der Waals surface area contributed by atoms with Gasteiger partial charge in [-0.3, -0.25) is 0 Å². The molecule has 1 aliphatic rings. The summed E-state index contributed by atoms with van der Waals surface area (Å²) in [5.74, 6) is 0. The third-order valence-corrected chi connectivity index (χ3v) is 3.54. The maximum absolute atomic E-state index is 6.15. The molecule has 1 aromatic carbocycles. The number of rotatable bonds is 1. The van der Waals surface area contributed by atoms with Crippen LogP contribution in [0.5, 0.6) is 0 Å². The molecule has 0 saturated heterocycles. The summed E-state index contributed by atoms with van der Waals surface area (Å²) in [6, 6.07) is 6.60. The van der Waals surface area contributed by atoms with Crippen LogP contribution < -0.4 is 11.5 Å². The van der Waals surface area contributed by atoms with Gasteiger partial charge in [-0.05, 0) is 23.1 Å². The van der Waals surface area contributed by atoms with Crippen molar-refractivity contribution < 1.29 is 0 Å². The number of benzene rings is 1. The molecule has 0 aromatic heterocycles. The lowest BCUT2D eigenvalue weighted by atomic mass is 9.83. The molecule has 1 unspecified atom stereocenters. The minimum absolute atomic E-state index is 0.0977. The zero-order chi connectivity index (χ0) is 10.3. The third kappa shape index (κ3) is 1.18. The van der Waals surface area contributed by atoms with Crippen LogP contribution in [0.4, 0.5) is 0 Å². The van der Waals surface area contributed by atoms with Crippen molar-refractivity contribution in [3.63, 3.8) is 0 Å². The molecule has 14 heavy (non-hydrogen) atoms. The second-order valence-electron chi connectivity index (χ2n) is 4.68. The van der Waals surface area contributed by atoms with Crippen LogP contribution in [0.3, 0.4) is 0 Å². The van der Waals surface area contributed by atoms with Gasteiger partial charge < -0.3 is 11.5 Å². The van der Waals surface area contributed by atoms with Crippen molar-refractivity contribution in [3.8, 4) is 0 Å². The molecular weight excluding hydrogens is 172 g/mol. The Balaban J connectivity index is 2.57. The van der Waals surface area contributed by atoms with Crippen LogP contribution in [0.25, 0.3) is 0 Å². The highest BCUT2D eigenvalue weighted by Gasteiger charge is 2.37. The molecule has 0 saturated carbocycles. The summed E-state index contributed by atoms with van der Waals surface area (Å²) in [5, 5.41) is 0. The quantitative estimate of drug-likeness (QED) is 0.701. The molecule has 0 radical (unpaired) electrons. The van der Waals surface area contributed by atoms with Gasteiger partial charge >= 0.3 is 0 Å². The van der Waals surface area contributed by atoms with Crippen LogP contribution in [0.1, 0.15) is 30.5 Å². The van der Waals surface area contributed by atoms with Crippen molar-refractivity contribution in [2.24, 2.45) is 11.5 Å². The SMILES string of the molecule is CC1(C)c2cccc(CN)c2CC1N. The van der Waals surface area contributed by atoms with E-state index in [-0.39, 0.29) is 11.5 Å². The molecule has 0 aliphatic heterocycles. The Morgan fingerprint density at radius 1 is 1.43 bits per heavy atom.